The van der Waals surface area contributed by atoms with E-state index in [0.717, 1.165) is 6.07 Å². The van der Waals surface area contributed by atoms with Crippen LogP contribution in [-0.2, 0) is 0 Å². The quantitative estimate of drug-likeness (QED) is 0.387. The smallest absolute Gasteiger partial charge is 0.173 e. The van der Waals surface area contributed by atoms with Crippen molar-refractivity contribution in [1.82, 2.24) is 5.43 Å². The van der Waals surface area contributed by atoms with Crippen molar-refractivity contribution in [2.24, 2.45) is 5.84 Å². The van der Waals surface area contributed by atoms with Crippen LogP contribution >= 0.6 is 15.9 Å². The third-order valence-corrected chi connectivity index (χ3v) is 3.02. The van der Waals surface area contributed by atoms with Gasteiger partial charge >= 0.3 is 0 Å². The predicted molar refractivity (Wildman–Crippen MR) is 62.2 cm³/mol. The fraction of sp³-hybridized carbons (Fsp3) is 0.273. The molecule has 0 saturated carbocycles. The summed E-state index contributed by atoms with van der Waals surface area (Å²) in [5.41, 5.74) is 3.08. The third-order valence-electron chi connectivity index (χ3n) is 2.22. The molecule has 0 aliphatic heterocycles. The van der Waals surface area contributed by atoms with Crippen LogP contribution < -0.4 is 11.3 Å². The first-order valence-corrected chi connectivity index (χ1v) is 5.44. The Balaban J connectivity index is 3.02. The average Bonchev–Trinajstić information content (AvgIpc) is 2.29. The zero-order chi connectivity index (χ0) is 12.1. The Morgan fingerprint density at radius 1 is 1.50 bits per heavy atom. The Morgan fingerprint density at radius 3 is 2.75 bits per heavy atom. The molecule has 1 atom stereocenters. The first-order valence-electron chi connectivity index (χ1n) is 4.64. The van der Waals surface area contributed by atoms with Crippen LogP contribution in [0.4, 0.5) is 8.78 Å². The number of terminal acetylenes is 1. The minimum absolute atomic E-state index is 0.0764. The molecule has 3 N–H and O–H groups in total. The van der Waals surface area contributed by atoms with Crippen LogP contribution in [0.15, 0.2) is 16.6 Å². The van der Waals surface area contributed by atoms with Gasteiger partial charge in [-0.25, -0.2) is 8.78 Å². The molecule has 1 aromatic carbocycles. The first kappa shape index (κ1) is 13.1. The summed E-state index contributed by atoms with van der Waals surface area (Å²) in [6, 6.07) is 2.24. The van der Waals surface area contributed by atoms with E-state index in [1.54, 1.807) is 0 Å². The van der Waals surface area contributed by atoms with Gasteiger partial charge in [0.25, 0.3) is 0 Å². The normalized spacial score (nSPS) is 12.2. The van der Waals surface area contributed by atoms with Gasteiger partial charge in [-0.2, -0.15) is 0 Å². The summed E-state index contributed by atoms with van der Waals surface area (Å²) in [6.07, 6.45) is 6.19. The topological polar surface area (TPSA) is 38.0 Å². The molecule has 0 fully saturated rings. The molecular formula is C11H11BrF2N2. The first-order chi connectivity index (χ1) is 7.61. The molecule has 0 aliphatic rings. The Bertz CT molecular complexity index is 415. The number of halogens is 3. The van der Waals surface area contributed by atoms with Crippen molar-refractivity contribution in [3.63, 3.8) is 0 Å². The van der Waals surface area contributed by atoms with Gasteiger partial charge in [0.05, 0.1) is 4.47 Å². The molecule has 1 aromatic rings. The molecule has 0 radical (unpaired) electrons. The Kier molecular flexibility index (Phi) is 4.87. The van der Waals surface area contributed by atoms with Gasteiger partial charge in [0.1, 0.15) is 0 Å². The van der Waals surface area contributed by atoms with Crippen molar-refractivity contribution in [2.75, 3.05) is 0 Å². The van der Waals surface area contributed by atoms with Gasteiger partial charge in [0.2, 0.25) is 0 Å². The maximum Gasteiger partial charge on any atom is 0.173 e. The molecule has 0 bridgehead atoms. The minimum Gasteiger partial charge on any atom is -0.271 e. The molecule has 0 heterocycles. The van der Waals surface area contributed by atoms with E-state index in [1.165, 1.54) is 6.07 Å². The zero-order valence-electron chi connectivity index (χ0n) is 8.43. The van der Waals surface area contributed by atoms with Crippen LogP contribution in [0.1, 0.15) is 24.4 Å². The van der Waals surface area contributed by atoms with Crippen molar-refractivity contribution in [1.29, 1.82) is 0 Å². The standard InChI is InChI=1S/C11H11BrF2N2/c1-2-3-4-9(16-15)7-5-6-8(13)11(14)10(7)12/h1,5-6,9,16H,3-4,15H2. The second kappa shape index (κ2) is 5.94. The van der Waals surface area contributed by atoms with Gasteiger partial charge in [0.15, 0.2) is 11.6 Å². The van der Waals surface area contributed by atoms with Gasteiger partial charge < -0.3 is 0 Å². The highest BCUT2D eigenvalue weighted by Gasteiger charge is 2.17. The molecule has 5 heteroatoms. The van der Waals surface area contributed by atoms with Gasteiger partial charge in [-0.3, -0.25) is 11.3 Å². The van der Waals surface area contributed by atoms with E-state index in [0.29, 0.717) is 18.4 Å². The number of nitrogens with one attached hydrogen (secondary N) is 1. The summed E-state index contributed by atoms with van der Waals surface area (Å²) in [5.74, 6) is 6.00. The second-order valence-electron chi connectivity index (χ2n) is 3.23. The molecule has 0 spiro atoms. The summed E-state index contributed by atoms with van der Waals surface area (Å²) < 4.78 is 26.2. The maximum atomic E-state index is 13.3. The van der Waals surface area contributed by atoms with E-state index in [9.17, 15) is 8.78 Å². The number of hydrogen-bond acceptors (Lipinski definition) is 2. The Morgan fingerprint density at radius 2 is 2.19 bits per heavy atom. The summed E-state index contributed by atoms with van der Waals surface area (Å²) in [5, 5.41) is 0. The molecule has 1 rings (SSSR count). The van der Waals surface area contributed by atoms with Crippen LogP contribution in [0.5, 0.6) is 0 Å². The lowest BCUT2D eigenvalue weighted by Gasteiger charge is -2.17. The van der Waals surface area contributed by atoms with E-state index in [-0.39, 0.29) is 10.5 Å². The van der Waals surface area contributed by atoms with Crippen LogP contribution in [0, 0.1) is 24.0 Å². The van der Waals surface area contributed by atoms with Gasteiger partial charge in [0, 0.05) is 12.5 Å². The maximum absolute atomic E-state index is 13.3. The fourth-order valence-corrected chi connectivity index (χ4v) is 1.96. The highest BCUT2D eigenvalue weighted by molar-refractivity contribution is 9.10. The molecule has 16 heavy (non-hydrogen) atoms. The zero-order valence-corrected chi connectivity index (χ0v) is 10.0. The van der Waals surface area contributed by atoms with Crippen LogP contribution in [0.3, 0.4) is 0 Å². The van der Waals surface area contributed by atoms with E-state index in [4.69, 9.17) is 12.3 Å². The number of benzene rings is 1. The fourth-order valence-electron chi connectivity index (χ4n) is 1.37. The van der Waals surface area contributed by atoms with Gasteiger partial charge in [-0.1, -0.05) is 6.07 Å². The van der Waals surface area contributed by atoms with Crippen LogP contribution in [0.25, 0.3) is 0 Å². The van der Waals surface area contributed by atoms with Gasteiger partial charge in [-0.05, 0) is 34.0 Å². The summed E-state index contributed by atoms with van der Waals surface area (Å²) in [4.78, 5) is 0. The number of rotatable bonds is 4. The highest BCUT2D eigenvalue weighted by atomic mass is 79.9. The lowest BCUT2D eigenvalue weighted by atomic mass is 10.0. The number of hydrogen-bond donors (Lipinski definition) is 2. The highest BCUT2D eigenvalue weighted by Crippen LogP contribution is 2.29. The summed E-state index contributed by atoms with van der Waals surface area (Å²) >= 11 is 3.00. The van der Waals surface area contributed by atoms with Crippen molar-refractivity contribution in [3.8, 4) is 12.3 Å². The van der Waals surface area contributed by atoms with Crippen LogP contribution in [0.2, 0.25) is 0 Å². The molecule has 0 amide bonds. The molecular weight excluding hydrogens is 278 g/mol. The number of nitrogens with two attached hydrogens (primary N) is 1. The average molecular weight is 289 g/mol. The van der Waals surface area contributed by atoms with Crippen molar-refractivity contribution in [3.05, 3.63) is 33.8 Å². The SMILES string of the molecule is C#CCCC(NN)c1ccc(F)c(F)c1Br. The summed E-state index contributed by atoms with van der Waals surface area (Å²) in [6.45, 7) is 0. The van der Waals surface area contributed by atoms with E-state index in [2.05, 4.69) is 27.3 Å². The summed E-state index contributed by atoms with van der Waals surface area (Å²) in [7, 11) is 0. The molecule has 0 aromatic heterocycles. The molecule has 1 unspecified atom stereocenters. The van der Waals surface area contributed by atoms with Crippen molar-refractivity contribution in [2.45, 2.75) is 18.9 Å². The van der Waals surface area contributed by atoms with Crippen molar-refractivity contribution >= 4 is 15.9 Å². The lowest BCUT2D eigenvalue weighted by Crippen LogP contribution is -2.28. The predicted octanol–water partition coefficient (Wildman–Crippen LogP) is 2.65. The number of hydrazine groups is 1. The van der Waals surface area contributed by atoms with E-state index < -0.39 is 11.6 Å². The van der Waals surface area contributed by atoms with E-state index >= 15 is 0 Å². The van der Waals surface area contributed by atoms with Gasteiger partial charge in [-0.15, -0.1) is 12.3 Å². The molecule has 0 saturated heterocycles. The Hall–Kier alpha value is -0.960. The largest absolute Gasteiger partial charge is 0.271 e. The van der Waals surface area contributed by atoms with E-state index in [1.807, 2.05) is 0 Å². The molecule has 86 valence electrons. The minimum atomic E-state index is -0.918. The second-order valence-corrected chi connectivity index (χ2v) is 4.02. The van der Waals surface area contributed by atoms with Crippen molar-refractivity contribution < 1.29 is 8.78 Å². The Labute approximate surface area is 101 Å². The molecule has 2 nitrogen and oxygen atoms in total. The van der Waals surface area contributed by atoms with Crippen LogP contribution in [-0.4, -0.2) is 0 Å². The molecule has 0 aliphatic carbocycles. The third kappa shape index (κ3) is 2.79. The monoisotopic (exact) mass is 288 g/mol. The lowest BCUT2D eigenvalue weighted by molar-refractivity contribution is 0.485.